The molecule has 0 bridgehead atoms. The summed E-state index contributed by atoms with van der Waals surface area (Å²) in [7, 11) is -4.05. The standard InChI is InChI=1S/C24H23FN4O5S/c1-15-5-10-20(12-21(15)25)35(33,34)29-19-4-2-3-18(11-19)24(32)27-13-16-6-8-17(9-7-16)23(31)28-14-22(26)30/h2-12,29H,13-14H2,1H3,(H2,26,30)(H,27,32)(H,28,31). The van der Waals surface area contributed by atoms with E-state index in [1.165, 1.54) is 43.3 Å². The van der Waals surface area contributed by atoms with Crippen LogP contribution in [0.4, 0.5) is 10.1 Å². The van der Waals surface area contributed by atoms with Crippen LogP contribution >= 0.6 is 0 Å². The molecule has 0 heterocycles. The van der Waals surface area contributed by atoms with Gasteiger partial charge in [0, 0.05) is 23.4 Å². The van der Waals surface area contributed by atoms with Crippen molar-refractivity contribution in [1.29, 1.82) is 0 Å². The van der Waals surface area contributed by atoms with Gasteiger partial charge in [-0.15, -0.1) is 0 Å². The molecule has 11 heteroatoms. The molecule has 3 aromatic carbocycles. The molecule has 0 unspecified atom stereocenters. The molecular formula is C24H23FN4O5S. The van der Waals surface area contributed by atoms with Gasteiger partial charge in [0.1, 0.15) is 5.82 Å². The number of sulfonamides is 1. The highest BCUT2D eigenvalue weighted by Crippen LogP contribution is 2.19. The van der Waals surface area contributed by atoms with E-state index in [4.69, 9.17) is 5.73 Å². The van der Waals surface area contributed by atoms with Crippen molar-refractivity contribution < 1.29 is 27.2 Å². The summed E-state index contributed by atoms with van der Waals surface area (Å²) in [5.41, 5.74) is 6.71. The van der Waals surface area contributed by atoms with Gasteiger partial charge < -0.3 is 16.4 Å². The molecule has 0 saturated carbocycles. The predicted molar refractivity (Wildman–Crippen MR) is 128 cm³/mol. The number of aryl methyl sites for hydroxylation is 1. The van der Waals surface area contributed by atoms with Crippen molar-refractivity contribution in [2.75, 3.05) is 11.3 Å². The number of hydrogen-bond donors (Lipinski definition) is 4. The van der Waals surface area contributed by atoms with E-state index < -0.39 is 33.6 Å². The molecule has 3 aromatic rings. The molecule has 3 rings (SSSR count). The number of amides is 3. The summed E-state index contributed by atoms with van der Waals surface area (Å²) in [6, 6.07) is 15.8. The highest BCUT2D eigenvalue weighted by molar-refractivity contribution is 7.92. The summed E-state index contributed by atoms with van der Waals surface area (Å²) >= 11 is 0. The van der Waals surface area contributed by atoms with Gasteiger partial charge in [0.2, 0.25) is 5.91 Å². The third kappa shape index (κ3) is 6.87. The van der Waals surface area contributed by atoms with Crippen LogP contribution in [-0.4, -0.2) is 32.7 Å². The Hall–Kier alpha value is -4.25. The van der Waals surface area contributed by atoms with Gasteiger partial charge in [0.05, 0.1) is 11.4 Å². The normalized spacial score (nSPS) is 10.9. The van der Waals surface area contributed by atoms with Crippen LogP contribution in [0, 0.1) is 12.7 Å². The minimum absolute atomic E-state index is 0.143. The number of nitrogens with one attached hydrogen (secondary N) is 3. The number of anilines is 1. The van der Waals surface area contributed by atoms with Crippen LogP contribution in [0.1, 0.15) is 31.8 Å². The largest absolute Gasteiger partial charge is 0.368 e. The van der Waals surface area contributed by atoms with Gasteiger partial charge >= 0.3 is 0 Å². The average molecular weight is 499 g/mol. The van der Waals surface area contributed by atoms with E-state index in [9.17, 15) is 27.2 Å². The molecule has 182 valence electrons. The second-order valence-corrected chi connectivity index (χ2v) is 9.31. The summed E-state index contributed by atoms with van der Waals surface area (Å²) in [6.07, 6.45) is 0. The van der Waals surface area contributed by atoms with E-state index in [0.717, 1.165) is 6.07 Å². The highest BCUT2D eigenvalue weighted by atomic mass is 32.2. The minimum atomic E-state index is -4.05. The Kier molecular flexibility index (Phi) is 7.82. The summed E-state index contributed by atoms with van der Waals surface area (Å²) < 4.78 is 41.3. The van der Waals surface area contributed by atoms with Gasteiger partial charge in [0.25, 0.3) is 21.8 Å². The van der Waals surface area contributed by atoms with Crippen LogP contribution in [0.25, 0.3) is 0 Å². The molecule has 0 aromatic heterocycles. The number of carbonyl (C=O) groups is 3. The Morgan fingerprint density at radius 3 is 2.23 bits per heavy atom. The van der Waals surface area contributed by atoms with Crippen LogP contribution in [0.3, 0.4) is 0 Å². The molecule has 3 amide bonds. The van der Waals surface area contributed by atoms with Crippen LogP contribution in [0.5, 0.6) is 0 Å². The Morgan fingerprint density at radius 1 is 0.886 bits per heavy atom. The van der Waals surface area contributed by atoms with Gasteiger partial charge in [-0.3, -0.25) is 19.1 Å². The molecule has 0 aliphatic heterocycles. The number of nitrogens with two attached hydrogens (primary N) is 1. The lowest BCUT2D eigenvalue weighted by molar-refractivity contribution is -0.117. The number of rotatable bonds is 9. The lowest BCUT2D eigenvalue weighted by Crippen LogP contribution is -2.33. The number of primary amides is 1. The van der Waals surface area contributed by atoms with Gasteiger partial charge in [-0.1, -0.05) is 24.3 Å². The maximum Gasteiger partial charge on any atom is 0.261 e. The van der Waals surface area contributed by atoms with E-state index in [2.05, 4.69) is 15.4 Å². The van der Waals surface area contributed by atoms with Gasteiger partial charge in [-0.05, 0) is 60.5 Å². The van der Waals surface area contributed by atoms with E-state index in [1.807, 2.05) is 0 Å². The minimum Gasteiger partial charge on any atom is -0.368 e. The Bertz CT molecular complexity index is 1370. The summed E-state index contributed by atoms with van der Waals surface area (Å²) in [4.78, 5) is 35.0. The first-order valence-corrected chi connectivity index (χ1v) is 11.9. The van der Waals surface area contributed by atoms with Crippen LogP contribution in [0.15, 0.2) is 71.6 Å². The molecule has 0 spiro atoms. The Labute approximate surface area is 201 Å². The number of hydrogen-bond acceptors (Lipinski definition) is 5. The van der Waals surface area contributed by atoms with Crippen molar-refractivity contribution in [2.24, 2.45) is 5.73 Å². The summed E-state index contributed by atoms with van der Waals surface area (Å²) in [6.45, 7) is 1.41. The quantitative estimate of drug-likeness (QED) is 0.357. The molecule has 0 aliphatic rings. The van der Waals surface area contributed by atoms with Gasteiger partial charge in [-0.25, -0.2) is 12.8 Å². The zero-order chi connectivity index (χ0) is 25.6. The molecule has 5 N–H and O–H groups in total. The van der Waals surface area contributed by atoms with Crippen molar-refractivity contribution in [2.45, 2.75) is 18.4 Å². The lowest BCUT2D eigenvalue weighted by Gasteiger charge is -2.11. The zero-order valence-electron chi connectivity index (χ0n) is 18.7. The van der Waals surface area contributed by atoms with Gasteiger partial charge in [0.15, 0.2) is 0 Å². The zero-order valence-corrected chi connectivity index (χ0v) is 19.5. The number of halogens is 1. The van der Waals surface area contributed by atoms with Crippen molar-refractivity contribution in [3.8, 4) is 0 Å². The first-order valence-electron chi connectivity index (χ1n) is 10.4. The Balaban J connectivity index is 1.62. The third-order valence-electron chi connectivity index (χ3n) is 4.92. The fraction of sp³-hybridized carbons (Fsp3) is 0.125. The first-order chi connectivity index (χ1) is 16.5. The monoisotopic (exact) mass is 498 g/mol. The maximum absolute atomic E-state index is 13.8. The molecular weight excluding hydrogens is 475 g/mol. The number of benzene rings is 3. The van der Waals surface area contributed by atoms with E-state index in [0.29, 0.717) is 16.7 Å². The first kappa shape index (κ1) is 25.4. The molecule has 0 radical (unpaired) electrons. The second kappa shape index (κ2) is 10.8. The predicted octanol–water partition coefficient (Wildman–Crippen LogP) is 2.08. The molecule has 0 aliphatic carbocycles. The van der Waals surface area contributed by atoms with Crippen molar-refractivity contribution >= 4 is 33.4 Å². The fourth-order valence-electron chi connectivity index (χ4n) is 3.01. The second-order valence-electron chi connectivity index (χ2n) is 7.63. The van der Waals surface area contributed by atoms with Crippen molar-refractivity contribution in [1.82, 2.24) is 10.6 Å². The van der Waals surface area contributed by atoms with Gasteiger partial charge in [-0.2, -0.15) is 0 Å². The topological polar surface area (TPSA) is 147 Å². The number of carbonyl (C=O) groups excluding carboxylic acids is 3. The molecule has 35 heavy (non-hydrogen) atoms. The smallest absolute Gasteiger partial charge is 0.261 e. The third-order valence-corrected chi connectivity index (χ3v) is 6.30. The maximum atomic E-state index is 13.8. The van der Waals surface area contributed by atoms with E-state index in [1.54, 1.807) is 24.3 Å². The highest BCUT2D eigenvalue weighted by Gasteiger charge is 2.17. The Morgan fingerprint density at radius 2 is 1.57 bits per heavy atom. The van der Waals surface area contributed by atoms with E-state index in [-0.39, 0.29) is 29.2 Å². The average Bonchev–Trinajstić information content (AvgIpc) is 2.82. The van der Waals surface area contributed by atoms with Crippen LogP contribution in [-0.2, 0) is 21.4 Å². The van der Waals surface area contributed by atoms with Crippen LogP contribution in [0.2, 0.25) is 0 Å². The van der Waals surface area contributed by atoms with E-state index >= 15 is 0 Å². The van der Waals surface area contributed by atoms with Crippen LogP contribution < -0.4 is 21.1 Å². The van der Waals surface area contributed by atoms with Crippen molar-refractivity contribution in [3.05, 3.63) is 94.8 Å². The molecule has 0 atom stereocenters. The summed E-state index contributed by atoms with van der Waals surface area (Å²) in [5, 5.41) is 5.09. The molecule has 9 nitrogen and oxygen atoms in total. The summed E-state index contributed by atoms with van der Waals surface area (Å²) in [5.74, 6) is -2.19. The van der Waals surface area contributed by atoms with Crippen molar-refractivity contribution in [3.63, 3.8) is 0 Å². The molecule has 0 fully saturated rings. The fourth-order valence-corrected chi connectivity index (χ4v) is 4.07. The SMILES string of the molecule is Cc1ccc(S(=O)(=O)Nc2cccc(C(=O)NCc3ccc(C(=O)NCC(N)=O)cc3)c2)cc1F. The lowest BCUT2D eigenvalue weighted by atomic mass is 10.1. The molecule has 0 saturated heterocycles.